The Morgan fingerprint density at radius 1 is 1.40 bits per heavy atom. The molecule has 3 heterocycles. The van der Waals surface area contributed by atoms with E-state index in [1.807, 2.05) is 17.0 Å². The second kappa shape index (κ2) is 4.84. The first kappa shape index (κ1) is 14.9. The van der Waals surface area contributed by atoms with Crippen LogP contribution in [0.2, 0.25) is 0 Å². The molecule has 1 aliphatic carbocycles. The molecule has 1 saturated carbocycles. The first-order valence-electron chi connectivity index (χ1n) is 9.04. The summed E-state index contributed by atoms with van der Waals surface area (Å²) in [4.78, 5) is 29.4. The van der Waals surface area contributed by atoms with Gasteiger partial charge in [-0.3, -0.25) is 14.9 Å². The van der Waals surface area contributed by atoms with Crippen LogP contribution in [0.1, 0.15) is 31.0 Å². The lowest BCUT2D eigenvalue weighted by atomic mass is 9.77. The van der Waals surface area contributed by atoms with Crippen LogP contribution >= 0.6 is 0 Å². The number of carbonyl (C=O) groups excluding carboxylic acids is 1. The molecule has 1 amide bonds. The predicted molar refractivity (Wildman–Crippen MR) is 92.6 cm³/mol. The van der Waals surface area contributed by atoms with Gasteiger partial charge in [-0.2, -0.15) is 0 Å². The lowest BCUT2D eigenvalue weighted by Crippen LogP contribution is -2.49. The highest BCUT2D eigenvalue weighted by molar-refractivity contribution is 5.88. The highest BCUT2D eigenvalue weighted by Crippen LogP contribution is 2.61. The highest BCUT2D eigenvalue weighted by atomic mass is 16.6. The molecule has 1 aromatic heterocycles. The number of amides is 1. The summed E-state index contributed by atoms with van der Waals surface area (Å²) in [5, 5.41) is 12.4. The number of carbonyl (C=O) groups is 1. The van der Waals surface area contributed by atoms with Gasteiger partial charge >= 0.3 is 0 Å². The first-order chi connectivity index (χ1) is 12.0. The smallest absolute Gasteiger partial charge is 0.223 e. The predicted octanol–water partition coefficient (Wildman–Crippen LogP) is 2.70. The number of aromatic amines is 1. The van der Waals surface area contributed by atoms with Gasteiger partial charge in [-0.15, -0.1) is 0 Å². The van der Waals surface area contributed by atoms with Crippen LogP contribution in [0.25, 0.3) is 10.9 Å². The third kappa shape index (κ3) is 1.77. The van der Waals surface area contributed by atoms with Crippen LogP contribution in [0, 0.1) is 27.9 Å². The van der Waals surface area contributed by atoms with Crippen LogP contribution in [0.5, 0.6) is 0 Å². The fourth-order valence-electron chi connectivity index (χ4n) is 5.97. The zero-order valence-electron chi connectivity index (χ0n) is 14.2. The van der Waals surface area contributed by atoms with Gasteiger partial charge in [0.05, 0.1) is 5.54 Å². The highest BCUT2D eigenvalue weighted by Gasteiger charge is 2.65. The molecule has 5 rings (SSSR count). The molecule has 1 N–H and O–H groups in total. The number of hydrogen-bond donors (Lipinski definition) is 1. The van der Waals surface area contributed by atoms with E-state index in [9.17, 15) is 14.9 Å². The maximum Gasteiger partial charge on any atom is 0.223 e. The quantitative estimate of drug-likeness (QED) is 0.675. The third-order valence-electron chi connectivity index (χ3n) is 6.86. The lowest BCUT2D eigenvalue weighted by molar-refractivity contribution is -0.491. The number of fused-ring (bicyclic) bond motifs is 3. The minimum absolute atomic E-state index is 0.0347. The van der Waals surface area contributed by atoms with E-state index in [0.29, 0.717) is 6.42 Å². The normalized spacial score (nSPS) is 33.4. The van der Waals surface area contributed by atoms with Gasteiger partial charge in [-0.1, -0.05) is 25.1 Å². The molecule has 4 atom stereocenters. The van der Waals surface area contributed by atoms with Crippen molar-refractivity contribution in [1.82, 2.24) is 9.88 Å². The molecular weight excluding hydrogens is 318 g/mol. The van der Waals surface area contributed by atoms with E-state index in [-0.39, 0.29) is 40.7 Å². The van der Waals surface area contributed by atoms with E-state index in [2.05, 4.69) is 24.0 Å². The number of nitrogens with zero attached hydrogens (tertiary/aromatic N) is 2. The van der Waals surface area contributed by atoms with Gasteiger partial charge in [0.15, 0.2) is 0 Å². The van der Waals surface area contributed by atoms with Crippen molar-refractivity contribution in [2.45, 2.75) is 31.7 Å². The summed E-state index contributed by atoms with van der Waals surface area (Å²) in [6.07, 6.45) is 2.12. The number of nitrogens with one attached hydrogen (secondary N) is 1. The van der Waals surface area contributed by atoms with Crippen molar-refractivity contribution in [2.75, 3.05) is 13.1 Å². The van der Waals surface area contributed by atoms with E-state index in [4.69, 9.17) is 0 Å². The Bertz CT molecular complexity index is 904. The molecule has 6 heteroatoms. The summed E-state index contributed by atoms with van der Waals surface area (Å²) >= 11 is 0. The fourth-order valence-corrected chi connectivity index (χ4v) is 5.97. The van der Waals surface area contributed by atoms with Crippen LogP contribution in [-0.2, 0) is 16.8 Å². The van der Waals surface area contributed by atoms with Gasteiger partial charge in [-0.05, 0) is 30.4 Å². The number of benzene rings is 1. The number of rotatable bonds is 2. The Morgan fingerprint density at radius 2 is 2.20 bits per heavy atom. The Balaban J connectivity index is 1.72. The maximum absolute atomic E-state index is 12.7. The summed E-state index contributed by atoms with van der Waals surface area (Å²) in [6, 6.07) is 8.28. The molecule has 25 heavy (non-hydrogen) atoms. The monoisotopic (exact) mass is 339 g/mol. The molecule has 3 aliphatic rings. The largest absolute Gasteiger partial charge is 0.356 e. The van der Waals surface area contributed by atoms with Gasteiger partial charge in [0.25, 0.3) is 0 Å². The minimum Gasteiger partial charge on any atom is -0.356 e. The van der Waals surface area contributed by atoms with Crippen molar-refractivity contribution in [3.8, 4) is 0 Å². The molecule has 1 aromatic carbocycles. The molecular formula is C19H21N3O3. The maximum atomic E-state index is 12.7. The Morgan fingerprint density at radius 3 is 3.00 bits per heavy atom. The molecule has 1 spiro atoms. The Hall–Kier alpha value is -2.37. The fraction of sp³-hybridized carbons (Fsp3) is 0.526. The van der Waals surface area contributed by atoms with Crippen LogP contribution < -0.4 is 0 Å². The Labute approximate surface area is 145 Å². The van der Waals surface area contributed by atoms with Crippen LogP contribution in [0.15, 0.2) is 24.3 Å². The number of para-hydroxylation sites is 1. The van der Waals surface area contributed by atoms with Crippen molar-refractivity contribution in [2.24, 2.45) is 17.8 Å². The molecule has 6 nitrogen and oxygen atoms in total. The molecule has 0 bridgehead atoms. The third-order valence-corrected chi connectivity index (χ3v) is 6.86. The van der Waals surface area contributed by atoms with E-state index in [1.54, 1.807) is 0 Å². The summed E-state index contributed by atoms with van der Waals surface area (Å²) in [7, 11) is 0. The first-order valence-corrected chi connectivity index (χ1v) is 9.04. The molecule has 1 saturated heterocycles. The van der Waals surface area contributed by atoms with Gasteiger partial charge in [-0.25, -0.2) is 0 Å². The zero-order chi connectivity index (χ0) is 17.3. The molecule has 130 valence electrons. The average molecular weight is 339 g/mol. The number of H-pyrrole nitrogens is 1. The molecule has 0 radical (unpaired) electrons. The van der Waals surface area contributed by atoms with Crippen LogP contribution in [-0.4, -0.2) is 33.8 Å². The second-order valence-electron chi connectivity index (χ2n) is 7.91. The van der Waals surface area contributed by atoms with Crippen molar-refractivity contribution < 1.29 is 9.72 Å². The van der Waals surface area contributed by atoms with Gasteiger partial charge < -0.3 is 9.88 Å². The van der Waals surface area contributed by atoms with Crippen molar-refractivity contribution in [3.63, 3.8) is 0 Å². The van der Waals surface area contributed by atoms with Gasteiger partial charge in [0, 0.05) is 46.3 Å². The van der Waals surface area contributed by atoms with Gasteiger partial charge in [0.2, 0.25) is 12.5 Å². The van der Waals surface area contributed by atoms with E-state index >= 15 is 0 Å². The number of hydrogen-bond acceptors (Lipinski definition) is 3. The second-order valence-corrected chi connectivity index (χ2v) is 7.91. The van der Waals surface area contributed by atoms with E-state index in [1.165, 1.54) is 10.9 Å². The number of aromatic nitrogens is 1. The van der Waals surface area contributed by atoms with Crippen LogP contribution in [0.4, 0.5) is 0 Å². The summed E-state index contributed by atoms with van der Waals surface area (Å²) in [5.41, 5.74) is 3.19. The number of nitro groups is 1. The summed E-state index contributed by atoms with van der Waals surface area (Å²) in [5.74, 6) is 0.395. The topological polar surface area (TPSA) is 79.2 Å². The minimum atomic E-state index is -0.371. The summed E-state index contributed by atoms with van der Waals surface area (Å²) < 4.78 is 0. The average Bonchev–Trinajstić information content (AvgIpc) is 3.16. The van der Waals surface area contributed by atoms with Crippen molar-refractivity contribution >= 4 is 16.8 Å². The molecule has 2 aliphatic heterocycles. The molecule has 2 fully saturated rings. The standard InChI is InChI=1S/C19H21N3O3/c1-11-9-19-15(14(11)10-22(24)25)8-17(23)21(19)7-6-13-12-4-2-3-5-16(12)20-18(13)19/h2-5,11,14-15,20H,6-10H2,1H3/t11-,14+,15?,19?/m0/s1. The van der Waals surface area contributed by atoms with Crippen molar-refractivity contribution in [1.29, 1.82) is 0 Å². The van der Waals surface area contributed by atoms with Gasteiger partial charge in [0.1, 0.15) is 0 Å². The van der Waals surface area contributed by atoms with Crippen LogP contribution in [0.3, 0.4) is 0 Å². The lowest BCUT2D eigenvalue weighted by Gasteiger charge is -2.43. The SMILES string of the molecule is C[C@H]1CC23c4[nH]c5ccccc5c4CCN2C(=O)CC3[C@@H]1C[N+](=O)[O-]. The molecule has 2 aromatic rings. The summed E-state index contributed by atoms with van der Waals surface area (Å²) in [6.45, 7) is 2.80. The van der Waals surface area contributed by atoms with E-state index in [0.717, 1.165) is 30.6 Å². The zero-order valence-corrected chi connectivity index (χ0v) is 14.2. The van der Waals surface area contributed by atoms with Crippen molar-refractivity contribution in [3.05, 3.63) is 45.6 Å². The molecule has 2 unspecified atom stereocenters. The Kier molecular flexibility index (Phi) is 2.89. The van der Waals surface area contributed by atoms with E-state index < -0.39 is 0 Å².